The van der Waals surface area contributed by atoms with Gasteiger partial charge < -0.3 is 19.9 Å². The standard InChI is InChI=1S/C15H15Br2NO3/c1-19-13-4-3-9(5-14(13)20-2)8-21-15-11(16)6-10(18)7-12(15)17/h3-7H,8,18H2,1-2H3. The van der Waals surface area contributed by atoms with Gasteiger partial charge in [-0.2, -0.15) is 0 Å². The number of nitrogens with two attached hydrogens (primary N) is 1. The molecule has 21 heavy (non-hydrogen) atoms. The van der Waals surface area contributed by atoms with Crippen LogP contribution in [0.15, 0.2) is 39.3 Å². The van der Waals surface area contributed by atoms with Crippen molar-refractivity contribution < 1.29 is 14.2 Å². The number of methoxy groups -OCH3 is 2. The van der Waals surface area contributed by atoms with Crippen LogP contribution in [0.2, 0.25) is 0 Å². The molecule has 0 aliphatic carbocycles. The molecule has 0 aromatic heterocycles. The number of halogens is 2. The van der Waals surface area contributed by atoms with Gasteiger partial charge in [-0.25, -0.2) is 0 Å². The van der Waals surface area contributed by atoms with Crippen molar-refractivity contribution in [2.24, 2.45) is 0 Å². The Bertz CT molecular complexity index is 624. The highest BCUT2D eigenvalue weighted by Gasteiger charge is 2.10. The minimum absolute atomic E-state index is 0.404. The summed E-state index contributed by atoms with van der Waals surface area (Å²) in [6, 6.07) is 9.27. The Kier molecular flexibility index (Phi) is 5.36. The Balaban J connectivity index is 2.17. The lowest BCUT2D eigenvalue weighted by atomic mass is 10.2. The molecule has 0 fully saturated rings. The first-order valence-electron chi connectivity index (χ1n) is 6.13. The quantitative estimate of drug-likeness (QED) is 0.734. The maximum atomic E-state index is 5.84. The predicted molar refractivity (Wildman–Crippen MR) is 90.1 cm³/mol. The van der Waals surface area contributed by atoms with Crippen LogP contribution in [0.5, 0.6) is 17.2 Å². The van der Waals surface area contributed by atoms with Crippen molar-refractivity contribution in [3.05, 3.63) is 44.8 Å². The van der Waals surface area contributed by atoms with Crippen LogP contribution in [0.4, 0.5) is 5.69 Å². The molecule has 0 heterocycles. The summed E-state index contributed by atoms with van der Waals surface area (Å²) in [7, 11) is 3.21. The van der Waals surface area contributed by atoms with E-state index in [0.29, 0.717) is 29.5 Å². The monoisotopic (exact) mass is 415 g/mol. The SMILES string of the molecule is COc1ccc(COc2c(Br)cc(N)cc2Br)cc1OC. The molecule has 2 aromatic rings. The largest absolute Gasteiger partial charge is 0.493 e. The Morgan fingerprint density at radius 3 is 2.14 bits per heavy atom. The summed E-state index contributed by atoms with van der Waals surface area (Å²) in [6.07, 6.45) is 0. The summed E-state index contributed by atoms with van der Waals surface area (Å²) < 4.78 is 17.9. The molecule has 0 atom stereocenters. The molecule has 0 aliphatic rings. The maximum absolute atomic E-state index is 5.84. The van der Waals surface area contributed by atoms with E-state index in [1.807, 2.05) is 18.2 Å². The third-order valence-electron chi connectivity index (χ3n) is 2.85. The van der Waals surface area contributed by atoms with Crippen molar-refractivity contribution in [3.63, 3.8) is 0 Å². The van der Waals surface area contributed by atoms with Gasteiger partial charge in [-0.05, 0) is 61.7 Å². The highest BCUT2D eigenvalue weighted by molar-refractivity contribution is 9.11. The van der Waals surface area contributed by atoms with Gasteiger partial charge in [0.25, 0.3) is 0 Å². The van der Waals surface area contributed by atoms with Gasteiger partial charge in [0.15, 0.2) is 11.5 Å². The first-order valence-corrected chi connectivity index (χ1v) is 7.72. The second-order valence-corrected chi connectivity index (χ2v) is 6.00. The van der Waals surface area contributed by atoms with Crippen molar-refractivity contribution in [1.82, 2.24) is 0 Å². The van der Waals surface area contributed by atoms with Crippen molar-refractivity contribution in [1.29, 1.82) is 0 Å². The molecule has 6 heteroatoms. The number of nitrogen functional groups attached to an aromatic ring is 1. The Morgan fingerprint density at radius 1 is 0.952 bits per heavy atom. The van der Waals surface area contributed by atoms with Crippen LogP contribution in [-0.2, 0) is 6.61 Å². The normalized spacial score (nSPS) is 10.3. The zero-order valence-electron chi connectivity index (χ0n) is 11.7. The van der Waals surface area contributed by atoms with E-state index in [1.54, 1.807) is 26.4 Å². The summed E-state index contributed by atoms with van der Waals surface area (Å²) in [5, 5.41) is 0. The van der Waals surface area contributed by atoms with Crippen LogP contribution in [0.3, 0.4) is 0 Å². The second-order valence-electron chi connectivity index (χ2n) is 4.29. The van der Waals surface area contributed by atoms with Crippen molar-refractivity contribution in [3.8, 4) is 17.2 Å². The fourth-order valence-corrected chi connectivity index (χ4v) is 3.29. The van der Waals surface area contributed by atoms with E-state index in [-0.39, 0.29) is 0 Å². The summed E-state index contributed by atoms with van der Waals surface area (Å²) in [4.78, 5) is 0. The Morgan fingerprint density at radius 2 is 1.57 bits per heavy atom. The van der Waals surface area contributed by atoms with E-state index in [9.17, 15) is 0 Å². The van der Waals surface area contributed by atoms with E-state index in [1.165, 1.54) is 0 Å². The molecule has 0 saturated carbocycles. The van der Waals surface area contributed by atoms with Crippen LogP contribution in [0.1, 0.15) is 5.56 Å². The van der Waals surface area contributed by atoms with Gasteiger partial charge in [0, 0.05) is 5.69 Å². The van der Waals surface area contributed by atoms with E-state index >= 15 is 0 Å². The Hall–Kier alpha value is -1.40. The summed E-state index contributed by atoms with van der Waals surface area (Å²) in [5.74, 6) is 2.07. The summed E-state index contributed by atoms with van der Waals surface area (Å²) in [6.45, 7) is 0.404. The van der Waals surface area contributed by atoms with Crippen LogP contribution in [0, 0.1) is 0 Å². The first-order chi connectivity index (χ1) is 10.0. The molecular formula is C15H15Br2NO3. The number of anilines is 1. The molecule has 4 nitrogen and oxygen atoms in total. The summed E-state index contributed by atoms with van der Waals surface area (Å²) >= 11 is 6.89. The third kappa shape index (κ3) is 3.83. The highest BCUT2D eigenvalue weighted by Crippen LogP contribution is 2.36. The van der Waals surface area contributed by atoms with Crippen molar-refractivity contribution in [2.75, 3.05) is 20.0 Å². The molecular weight excluding hydrogens is 402 g/mol. The average Bonchev–Trinajstić information content (AvgIpc) is 2.45. The third-order valence-corrected chi connectivity index (χ3v) is 4.03. The van der Waals surface area contributed by atoms with Gasteiger partial charge in [-0.3, -0.25) is 0 Å². The van der Waals surface area contributed by atoms with Crippen molar-refractivity contribution in [2.45, 2.75) is 6.61 Å². The second kappa shape index (κ2) is 7.04. The topological polar surface area (TPSA) is 53.7 Å². The molecule has 0 spiro atoms. The lowest BCUT2D eigenvalue weighted by molar-refractivity contribution is 0.300. The molecule has 2 N–H and O–H groups in total. The van der Waals surface area contributed by atoms with Gasteiger partial charge in [0.05, 0.1) is 23.2 Å². The molecule has 0 unspecified atom stereocenters. The lowest BCUT2D eigenvalue weighted by Crippen LogP contribution is -1.99. The smallest absolute Gasteiger partial charge is 0.161 e. The molecule has 0 saturated heterocycles. The predicted octanol–water partition coefficient (Wildman–Crippen LogP) is 4.39. The van der Waals surface area contributed by atoms with Crippen LogP contribution in [-0.4, -0.2) is 14.2 Å². The minimum Gasteiger partial charge on any atom is -0.493 e. The zero-order chi connectivity index (χ0) is 15.4. The zero-order valence-corrected chi connectivity index (χ0v) is 14.8. The van der Waals surface area contributed by atoms with E-state index in [0.717, 1.165) is 14.5 Å². The number of rotatable bonds is 5. The van der Waals surface area contributed by atoms with Gasteiger partial charge in [0.1, 0.15) is 12.4 Å². The van der Waals surface area contributed by atoms with Crippen LogP contribution < -0.4 is 19.9 Å². The molecule has 2 aromatic carbocycles. The maximum Gasteiger partial charge on any atom is 0.161 e. The van der Waals surface area contributed by atoms with E-state index in [2.05, 4.69) is 31.9 Å². The van der Waals surface area contributed by atoms with E-state index in [4.69, 9.17) is 19.9 Å². The number of benzene rings is 2. The fourth-order valence-electron chi connectivity index (χ4n) is 1.84. The number of hydrogen-bond donors (Lipinski definition) is 1. The Labute approximate surface area is 140 Å². The average molecular weight is 417 g/mol. The van der Waals surface area contributed by atoms with E-state index < -0.39 is 0 Å². The number of hydrogen-bond acceptors (Lipinski definition) is 4. The minimum atomic E-state index is 0.404. The molecule has 2 rings (SSSR count). The van der Waals surface area contributed by atoms with Crippen LogP contribution in [0.25, 0.3) is 0 Å². The lowest BCUT2D eigenvalue weighted by Gasteiger charge is -2.13. The molecule has 0 bridgehead atoms. The molecule has 0 radical (unpaired) electrons. The molecule has 112 valence electrons. The highest BCUT2D eigenvalue weighted by atomic mass is 79.9. The summed E-state index contributed by atoms with van der Waals surface area (Å²) in [5.41, 5.74) is 7.39. The van der Waals surface area contributed by atoms with Gasteiger partial charge >= 0.3 is 0 Å². The van der Waals surface area contributed by atoms with Gasteiger partial charge in [-0.15, -0.1) is 0 Å². The molecule has 0 amide bonds. The molecule has 0 aliphatic heterocycles. The van der Waals surface area contributed by atoms with Crippen molar-refractivity contribution >= 4 is 37.5 Å². The first kappa shape index (κ1) is 16.0. The van der Waals surface area contributed by atoms with Gasteiger partial charge in [-0.1, -0.05) is 6.07 Å². The van der Waals surface area contributed by atoms with Gasteiger partial charge in [0.2, 0.25) is 0 Å². The number of ether oxygens (including phenoxy) is 3. The fraction of sp³-hybridized carbons (Fsp3) is 0.200. The van der Waals surface area contributed by atoms with Crippen LogP contribution >= 0.6 is 31.9 Å².